The summed E-state index contributed by atoms with van der Waals surface area (Å²) in [5.74, 6) is 1.69. The van der Waals surface area contributed by atoms with Crippen LogP contribution >= 0.6 is 0 Å². The SMILES string of the molecule is CCC1CN(c2cc3ccccc3[nH]2)CCC1=NOC. The van der Waals surface area contributed by atoms with Crippen LogP contribution in [-0.4, -0.2) is 30.9 Å². The van der Waals surface area contributed by atoms with Crippen LogP contribution in [0.5, 0.6) is 0 Å². The fraction of sp³-hybridized carbons (Fsp3) is 0.438. The molecule has 106 valence electrons. The second-order valence-corrected chi connectivity index (χ2v) is 5.31. The maximum Gasteiger partial charge on any atom is 0.106 e. The summed E-state index contributed by atoms with van der Waals surface area (Å²) in [5, 5.41) is 5.46. The summed E-state index contributed by atoms with van der Waals surface area (Å²) >= 11 is 0. The molecule has 20 heavy (non-hydrogen) atoms. The normalized spacial score (nSPS) is 21.6. The van der Waals surface area contributed by atoms with Gasteiger partial charge in [-0.15, -0.1) is 0 Å². The first kappa shape index (κ1) is 13.0. The highest BCUT2D eigenvalue weighted by molar-refractivity contribution is 5.89. The molecule has 1 saturated heterocycles. The van der Waals surface area contributed by atoms with Gasteiger partial charge in [0.2, 0.25) is 0 Å². The zero-order valence-electron chi connectivity index (χ0n) is 12.1. The highest BCUT2D eigenvalue weighted by atomic mass is 16.6. The van der Waals surface area contributed by atoms with E-state index in [4.69, 9.17) is 4.84 Å². The van der Waals surface area contributed by atoms with Gasteiger partial charge in [-0.3, -0.25) is 0 Å². The average molecular weight is 271 g/mol. The quantitative estimate of drug-likeness (QED) is 0.869. The number of aromatic nitrogens is 1. The Morgan fingerprint density at radius 1 is 1.40 bits per heavy atom. The van der Waals surface area contributed by atoms with Gasteiger partial charge in [0.1, 0.15) is 12.9 Å². The molecule has 0 saturated carbocycles. The maximum atomic E-state index is 4.96. The largest absolute Gasteiger partial charge is 0.399 e. The minimum atomic E-state index is 0.482. The van der Waals surface area contributed by atoms with E-state index in [1.165, 1.54) is 22.4 Å². The lowest BCUT2D eigenvalue weighted by molar-refractivity contribution is 0.209. The molecule has 0 spiro atoms. The minimum Gasteiger partial charge on any atom is -0.399 e. The fourth-order valence-electron chi connectivity index (χ4n) is 2.97. The van der Waals surface area contributed by atoms with Crippen LogP contribution in [0.25, 0.3) is 10.9 Å². The number of H-pyrrole nitrogens is 1. The molecule has 2 aromatic rings. The zero-order valence-corrected chi connectivity index (χ0v) is 12.1. The van der Waals surface area contributed by atoms with E-state index in [2.05, 4.69) is 52.3 Å². The Hall–Kier alpha value is -1.97. The van der Waals surface area contributed by atoms with Crippen LogP contribution in [0.3, 0.4) is 0 Å². The van der Waals surface area contributed by atoms with E-state index in [0.717, 1.165) is 25.9 Å². The van der Waals surface area contributed by atoms with E-state index in [0.29, 0.717) is 5.92 Å². The molecule has 1 aliphatic heterocycles. The van der Waals surface area contributed by atoms with Crippen LogP contribution < -0.4 is 4.90 Å². The van der Waals surface area contributed by atoms with E-state index < -0.39 is 0 Å². The molecule has 1 aromatic heterocycles. The first-order chi connectivity index (χ1) is 9.81. The monoisotopic (exact) mass is 271 g/mol. The third kappa shape index (κ3) is 2.38. The maximum absolute atomic E-state index is 4.96. The highest BCUT2D eigenvalue weighted by Crippen LogP contribution is 2.26. The van der Waals surface area contributed by atoms with Crippen molar-refractivity contribution >= 4 is 22.4 Å². The minimum absolute atomic E-state index is 0.482. The van der Waals surface area contributed by atoms with Crippen molar-refractivity contribution in [1.29, 1.82) is 0 Å². The Morgan fingerprint density at radius 3 is 3.00 bits per heavy atom. The summed E-state index contributed by atoms with van der Waals surface area (Å²) in [6, 6.07) is 10.7. The molecule has 1 unspecified atom stereocenters. The van der Waals surface area contributed by atoms with Gasteiger partial charge in [-0.1, -0.05) is 30.3 Å². The molecule has 1 fully saturated rings. The van der Waals surface area contributed by atoms with E-state index >= 15 is 0 Å². The number of benzene rings is 1. The molecule has 0 bridgehead atoms. The number of para-hydroxylation sites is 1. The van der Waals surface area contributed by atoms with Crippen LogP contribution in [0, 0.1) is 5.92 Å². The van der Waals surface area contributed by atoms with Gasteiger partial charge in [0.15, 0.2) is 0 Å². The van der Waals surface area contributed by atoms with Gasteiger partial charge in [-0.05, 0) is 18.6 Å². The summed E-state index contributed by atoms with van der Waals surface area (Å²) in [6.07, 6.45) is 2.07. The zero-order chi connectivity index (χ0) is 13.9. The van der Waals surface area contributed by atoms with Crippen molar-refractivity contribution in [3.63, 3.8) is 0 Å². The molecule has 0 radical (unpaired) electrons. The lowest BCUT2D eigenvalue weighted by atomic mass is 9.93. The van der Waals surface area contributed by atoms with Crippen molar-refractivity contribution in [2.75, 3.05) is 25.1 Å². The van der Waals surface area contributed by atoms with Gasteiger partial charge in [0, 0.05) is 36.3 Å². The predicted octanol–water partition coefficient (Wildman–Crippen LogP) is 3.41. The number of oxime groups is 1. The van der Waals surface area contributed by atoms with Crippen molar-refractivity contribution in [3.8, 4) is 0 Å². The predicted molar refractivity (Wildman–Crippen MR) is 83.4 cm³/mol. The fourth-order valence-corrected chi connectivity index (χ4v) is 2.97. The molecule has 0 aliphatic carbocycles. The molecule has 1 N–H and O–H groups in total. The number of anilines is 1. The molecular formula is C16H21N3O. The topological polar surface area (TPSA) is 40.6 Å². The molecule has 4 nitrogen and oxygen atoms in total. The van der Waals surface area contributed by atoms with Crippen molar-refractivity contribution in [2.45, 2.75) is 19.8 Å². The molecular weight excluding hydrogens is 250 g/mol. The number of rotatable bonds is 3. The van der Waals surface area contributed by atoms with E-state index in [1.807, 2.05) is 0 Å². The summed E-state index contributed by atoms with van der Waals surface area (Å²) in [5.41, 5.74) is 2.40. The number of nitrogens with zero attached hydrogens (tertiary/aromatic N) is 2. The number of piperidine rings is 1. The third-order valence-corrected chi connectivity index (χ3v) is 4.11. The Labute approximate surface area is 119 Å². The second kappa shape index (κ2) is 5.57. The number of hydrogen-bond acceptors (Lipinski definition) is 3. The van der Waals surface area contributed by atoms with E-state index in [1.54, 1.807) is 7.11 Å². The van der Waals surface area contributed by atoms with Gasteiger partial charge < -0.3 is 14.7 Å². The smallest absolute Gasteiger partial charge is 0.106 e. The van der Waals surface area contributed by atoms with Gasteiger partial charge in [0.05, 0.1) is 5.71 Å². The number of nitrogens with one attached hydrogen (secondary N) is 1. The number of aromatic amines is 1. The molecule has 0 amide bonds. The molecule has 3 rings (SSSR count). The van der Waals surface area contributed by atoms with Crippen molar-refractivity contribution < 1.29 is 4.84 Å². The average Bonchev–Trinajstić information content (AvgIpc) is 2.92. The number of hydrogen-bond donors (Lipinski definition) is 1. The summed E-state index contributed by atoms with van der Waals surface area (Å²) < 4.78 is 0. The first-order valence-corrected chi connectivity index (χ1v) is 7.24. The number of fused-ring (bicyclic) bond motifs is 1. The molecule has 1 atom stereocenters. The highest BCUT2D eigenvalue weighted by Gasteiger charge is 2.25. The van der Waals surface area contributed by atoms with Gasteiger partial charge >= 0.3 is 0 Å². The lowest BCUT2D eigenvalue weighted by Gasteiger charge is -2.33. The lowest BCUT2D eigenvalue weighted by Crippen LogP contribution is -2.41. The summed E-state index contributed by atoms with van der Waals surface area (Å²) in [7, 11) is 1.63. The van der Waals surface area contributed by atoms with Crippen LogP contribution in [0.2, 0.25) is 0 Å². The Kier molecular flexibility index (Phi) is 3.63. The van der Waals surface area contributed by atoms with Crippen LogP contribution in [0.4, 0.5) is 5.82 Å². The molecule has 4 heteroatoms. The van der Waals surface area contributed by atoms with Gasteiger partial charge in [0.25, 0.3) is 0 Å². The Balaban J connectivity index is 1.83. The molecule has 1 aromatic carbocycles. The molecule has 2 heterocycles. The van der Waals surface area contributed by atoms with E-state index in [9.17, 15) is 0 Å². The first-order valence-electron chi connectivity index (χ1n) is 7.24. The van der Waals surface area contributed by atoms with Gasteiger partial charge in [-0.2, -0.15) is 0 Å². The van der Waals surface area contributed by atoms with Crippen LogP contribution in [0.15, 0.2) is 35.5 Å². The van der Waals surface area contributed by atoms with Crippen molar-refractivity contribution in [1.82, 2.24) is 4.98 Å². The third-order valence-electron chi connectivity index (χ3n) is 4.11. The van der Waals surface area contributed by atoms with Crippen LogP contribution in [0.1, 0.15) is 19.8 Å². The Morgan fingerprint density at radius 2 is 2.25 bits per heavy atom. The van der Waals surface area contributed by atoms with Crippen molar-refractivity contribution in [2.24, 2.45) is 11.1 Å². The van der Waals surface area contributed by atoms with E-state index in [-0.39, 0.29) is 0 Å². The van der Waals surface area contributed by atoms with Gasteiger partial charge in [-0.25, -0.2) is 0 Å². The molecule has 1 aliphatic rings. The Bertz CT molecular complexity index is 584. The summed E-state index contributed by atoms with van der Waals surface area (Å²) in [6.45, 7) is 4.21. The standard InChI is InChI=1S/C16H21N3O/c1-3-12-11-19(9-8-15(12)18-20-2)16-10-13-6-4-5-7-14(13)17-16/h4-7,10,12,17H,3,8-9,11H2,1-2H3. The second-order valence-electron chi connectivity index (χ2n) is 5.31. The van der Waals surface area contributed by atoms with Crippen LogP contribution in [-0.2, 0) is 4.84 Å². The van der Waals surface area contributed by atoms with Crippen molar-refractivity contribution in [3.05, 3.63) is 30.3 Å². The summed E-state index contributed by atoms with van der Waals surface area (Å²) in [4.78, 5) is 10.9.